The van der Waals surface area contributed by atoms with Gasteiger partial charge in [0.1, 0.15) is 40.7 Å². The number of carbonyl (C=O) groups is 4. The van der Waals surface area contributed by atoms with Gasteiger partial charge in [0.15, 0.2) is 5.72 Å². The maximum absolute atomic E-state index is 14.0. The number of carbonyl (C=O) groups excluding carboxylic acids is 4. The third-order valence-corrected chi connectivity index (χ3v) is 10.5. The average Bonchev–Trinajstić information content (AvgIpc) is 3.76. The third-order valence-electron chi connectivity index (χ3n) is 9.85. The Kier molecular flexibility index (Phi) is 12.6. The van der Waals surface area contributed by atoms with E-state index in [-0.39, 0.29) is 30.2 Å². The summed E-state index contributed by atoms with van der Waals surface area (Å²) < 4.78 is 29.0. The van der Waals surface area contributed by atoms with Gasteiger partial charge >= 0.3 is 12.1 Å². The fourth-order valence-corrected chi connectivity index (χ4v) is 6.99. The highest BCUT2D eigenvalue weighted by Gasteiger charge is 2.64. The Morgan fingerprint density at radius 1 is 1.28 bits per heavy atom. The Labute approximate surface area is 303 Å². The largest absolute Gasteiger partial charge is 0.495 e. The molecule has 0 aromatic heterocycles. The number of halogens is 1. The molecule has 2 fully saturated rings. The van der Waals surface area contributed by atoms with E-state index in [1.165, 1.54) is 38.0 Å². The summed E-state index contributed by atoms with van der Waals surface area (Å²) >= 11 is 10.8. The fourth-order valence-electron chi connectivity index (χ4n) is 6.49. The van der Waals surface area contributed by atoms with Gasteiger partial charge in [0, 0.05) is 40.0 Å². The van der Waals surface area contributed by atoms with Crippen LogP contribution in [0.3, 0.4) is 0 Å². The number of hydrogen-bond acceptors (Lipinski definition) is 11. The summed E-state index contributed by atoms with van der Waals surface area (Å²) in [6.45, 7) is 6.96. The number of nitrogens with zero attached hydrogens (tertiary/aromatic N) is 2. The van der Waals surface area contributed by atoms with Crippen molar-refractivity contribution in [1.29, 1.82) is 0 Å². The lowest BCUT2D eigenvalue weighted by molar-refractivity contribution is -0.161. The molecule has 4 bridgehead atoms. The number of thiol groups is 1. The Hall–Kier alpha value is -3.30. The van der Waals surface area contributed by atoms with Crippen molar-refractivity contribution in [2.24, 2.45) is 5.92 Å². The highest BCUT2D eigenvalue weighted by Crippen LogP contribution is 2.49. The predicted octanol–water partition coefficient (Wildman–Crippen LogP) is 3.83. The number of likely N-dealkylation sites (N-methyl/N-ethyl adjacent to an activating group) is 1. The summed E-state index contributed by atoms with van der Waals surface area (Å²) in [5.41, 5.74) is -0.903. The number of nitrogens with one attached hydrogen (secondary N) is 1. The number of rotatable bonds is 7. The molecule has 3 heterocycles. The fraction of sp³-hybridized carbons (Fsp3) is 0.600. The molecule has 0 spiro atoms. The lowest BCUT2D eigenvalue weighted by Gasteiger charge is -2.42. The van der Waals surface area contributed by atoms with E-state index >= 15 is 0 Å². The van der Waals surface area contributed by atoms with Gasteiger partial charge in [0.05, 0.1) is 25.3 Å². The second kappa shape index (κ2) is 15.9. The van der Waals surface area contributed by atoms with Crippen molar-refractivity contribution in [2.75, 3.05) is 39.0 Å². The number of epoxide rings is 1. The van der Waals surface area contributed by atoms with Crippen molar-refractivity contribution < 1.29 is 48.0 Å². The topological polar surface area (TPSA) is 156 Å². The van der Waals surface area contributed by atoms with Crippen LogP contribution in [-0.2, 0) is 39.8 Å². The first-order valence-corrected chi connectivity index (χ1v) is 17.5. The van der Waals surface area contributed by atoms with Crippen LogP contribution in [0.2, 0.25) is 5.02 Å². The maximum Gasteiger partial charge on any atom is 0.409 e. The molecule has 0 radical (unpaired) electrons. The summed E-state index contributed by atoms with van der Waals surface area (Å²) in [5.74, 6) is -1.30. The van der Waals surface area contributed by atoms with Crippen LogP contribution in [0.5, 0.6) is 5.75 Å². The van der Waals surface area contributed by atoms with E-state index in [0.29, 0.717) is 23.6 Å². The number of aliphatic hydroxyl groups is 1. The molecule has 13 nitrogen and oxygen atoms in total. The minimum atomic E-state index is -1.82. The molecule has 0 aliphatic carbocycles. The molecule has 1 unspecified atom stereocenters. The van der Waals surface area contributed by atoms with Gasteiger partial charge in [-0.15, -0.1) is 0 Å². The second-order valence-corrected chi connectivity index (χ2v) is 14.2. The highest BCUT2D eigenvalue weighted by molar-refractivity contribution is 7.80. The summed E-state index contributed by atoms with van der Waals surface area (Å²) in [5, 5.41) is 14.4. The van der Waals surface area contributed by atoms with Crippen molar-refractivity contribution >= 4 is 53.8 Å². The van der Waals surface area contributed by atoms with E-state index in [1.54, 1.807) is 45.2 Å². The number of fused-ring (bicyclic) bond motifs is 5. The van der Waals surface area contributed by atoms with Crippen molar-refractivity contribution in [2.45, 2.75) is 95.2 Å². The normalized spacial score (nSPS) is 30.7. The molecular weight excluding hydrogens is 690 g/mol. The smallest absolute Gasteiger partial charge is 0.409 e. The van der Waals surface area contributed by atoms with Gasteiger partial charge in [-0.05, 0) is 50.6 Å². The van der Waals surface area contributed by atoms with E-state index in [9.17, 15) is 24.3 Å². The van der Waals surface area contributed by atoms with E-state index in [4.69, 9.17) is 35.3 Å². The minimum Gasteiger partial charge on any atom is -0.495 e. The quantitative estimate of drug-likeness (QED) is 0.214. The highest BCUT2D eigenvalue weighted by atomic mass is 35.5. The van der Waals surface area contributed by atoms with Crippen LogP contribution in [0.4, 0.5) is 10.5 Å². The van der Waals surface area contributed by atoms with Crippen LogP contribution in [0.15, 0.2) is 35.9 Å². The van der Waals surface area contributed by atoms with Gasteiger partial charge in [0.2, 0.25) is 11.8 Å². The Bertz CT molecular complexity index is 1540. The van der Waals surface area contributed by atoms with E-state index < -0.39 is 65.7 Å². The van der Waals surface area contributed by atoms with E-state index in [2.05, 4.69) is 17.9 Å². The molecule has 0 saturated carbocycles. The zero-order chi connectivity index (χ0) is 37.1. The van der Waals surface area contributed by atoms with Crippen molar-refractivity contribution in [3.8, 4) is 5.75 Å². The predicted molar refractivity (Wildman–Crippen MR) is 189 cm³/mol. The summed E-state index contributed by atoms with van der Waals surface area (Å²) in [6.07, 6.45) is 1.08. The van der Waals surface area contributed by atoms with Crippen LogP contribution in [0, 0.1) is 5.92 Å². The van der Waals surface area contributed by atoms with Gasteiger partial charge < -0.3 is 38.6 Å². The minimum absolute atomic E-state index is 0.0489. The van der Waals surface area contributed by atoms with Crippen molar-refractivity contribution in [3.05, 3.63) is 46.5 Å². The van der Waals surface area contributed by atoms with Gasteiger partial charge in [-0.3, -0.25) is 14.9 Å². The average molecular weight is 738 g/mol. The van der Waals surface area contributed by atoms with Crippen LogP contribution in [0.25, 0.3) is 0 Å². The number of alkyl carbamates (subject to hydrolysis) is 1. The number of anilines is 1. The first-order valence-electron chi connectivity index (χ1n) is 16.4. The molecule has 1 aromatic carbocycles. The molecule has 15 heteroatoms. The van der Waals surface area contributed by atoms with Gasteiger partial charge in [-0.2, -0.15) is 12.6 Å². The van der Waals surface area contributed by atoms with E-state index in [1.807, 2.05) is 13.0 Å². The van der Waals surface area contributed by atoms with Gasteiger partial charge in [-0.25, -0.2) is 9.59 Å². The molecule has 3 aliphatic rings. The van der Waals surface area contributed by atoms with Crippen molar-refractivity contribution in [1.82, 2.24) is 10.2 Å². The molecule has 2 N–H and O–H groups in total. The van der Waals surface area contributed by atoms with E-state index in [0.717, 1.165) is 11.1 Å². The second-order valence-electron chi connectivity index (χ2n) is 13.4. The molecule has 50 heavy (non-hydrogen) atoms. The lowest BCUT2D eigenvalue weighted by Crippen LogP contribution is -2.63. The van der Waals surface area contributed by atoms with Crippen molar-refractivity contribution in [3.63, 3.8) is 0 Å². The van der Waals surface area contributed by atoms with Gasteiger partial charge in [0.25, 0.3) is 0 Å². The number of hydrogen-bond donors (Lipinski definition) is 3. The Balaban J connectivity index is 1.78. The standard InChI is InChI=1S/C35H48ClN3O10S/c1-19-10-9-11-26(46-8)35(44)18-25(47-33(43)37-35)20(2)31-34(4,49-31)27(48-32(42)21(3)38(5)28(40)12-13-50)17-29(41)39(6)23-15-22(14-19)16-24(45-7)30(23)36/h9-11,15-16,20-21,25-27,31,44,50H,12-14,17-18H2,1-8H3,(H,37,43)/t20-,21+,25+,26-,27+,31+,34?,35+/m1/s1. The zero-order valence-electron chi connectivity index (χ0n) is 29.7. The molecule has 4 rings (SSSR count). The number of ether oxygens (including phenoxy) is 5. The van der Waals surface area contributed by atoms with Gasteiger partial charge in [-0.1, -0.05) is 42.3 Å². The number of esters is 1. The first-order chi connectivity index (χ1) is 23.5. The molecule has 3 aliphatic heterocycles. The van der Waals surface area contributed by atoms with Crippen LogP contribution >= 0.6 is 24.2 Å². The molecule has 2 saturated heterocycles. The monoisotopic (exact) mass is 737 g/mol. The third kappa shape index (κ3) is 8.42. The molecule has 276 valence electrons. The Morgan fingerprint density at radius 3 is 2.62 bits per heavy atom. The van der Waals surface area contributed by atoms with Crippen LogP contribution < -0.4 is 15.0 Å². The molecule has 8 atom stereocenters. The number of benzene rings is 1. The maximum atomic E-state index is 14.0. The summed E-state index contributed by atoms with van der Waals surface area (Å²) in [7, 11) is 5.98. The Morgan fingerprint density at radius 2 is 1.98 bits per heavy atom. The van der Waals surface area contributed by atoms with Crippen LogP contribution in [0.1, 0.15) is 52.5 Å². The number of methoxy groups -OCH3 is 2. The lowest BCUT2D eigenvalue weighted by atomic mass is 9.83. The molecular formula is C35H48ClN3O10S. The number of allylic oxidation sites excluding steroid dienone is 3. The summed E-state index contributed by atoms with van der Waals surface area (Å²) in [4.78, 5) is 55.6. The number of amides is 3. The SMILES string of the molecule is COc1cc2cc(c1Cl)N(C)C(=O)C[C@H](OC(=O)[C@H](C)N(C)C(=O)CCS)C1(C)O[C@H]1[C@H](C)[C@@H]1C[C@@](O)(NC(=O)O1)[C@H](OC)C=CC=C(C)C2. The van der Waals surface area contributed by atoms with Crippen LogP contribution in [-0.4, -0.2) is 110 Å². The molecule has 3 amide bonds. The first kappa shape index (κ1) is 39.5. The summed E-state index contributed by atoms with van der Waals surface area (Å²) in [6, 6.07) is 2.60. The zero-order valence-corrected chi connectivity index (χ0v) is 31.4. The molecule has 1 aromatic rings.